The first-order chi connectivity index (χ1) is 6.78. The van der Waals surface area contributed by atoms with Crippen molar-refractivity contribution in [1.29, 1.82) is 0 Å². The Labute approximate surface area is 90.0 Å². The summed E-state index contributed by atoms with van der Waals surface area (Å²) in [6.07, 6.45) is -1.49. The van der Waals surface area contributed by atoms with Crippen LogP contribution in [0.15, 0.2) is 0 Å². The topological polar surface area (TPSA) is 59.0 Å². The summed E-state index contributed by atoms with van der Waals surface area (Å²) in [6.45, 7) is 7.85. The van der Waals surface area contributed by atoms with Crippen LogP contribution in [0.25, 0.3) is 0 Å². The van der Waals surface area contributed by atoms with Gasteiger partial charge in [-0.1, -0.05) is 0 Å². The van der Waals surface area contributed by atoms with Crippen molar-refractivity contribution in [3.05, 3.63) is 0 Å². The van der Waals surface area contributed by atoms with Crippen molar-refractivity contribution < 1.29 is 19.4 Å². The van der Waals surface area contributed by atoms with E-state index >= 15 is 0 Å². The van der Waals surface area contributed by atoms with Crippen molar-refractivity contribution in [3.63, 3.8) is 0 Å². The molecule has 1 aliphatic heterocycles. The van der Waals surface area contributed by atoms with Gasteiger partial charge in [-0.25, -0.2) is 4.79 Å². The zero-order valence-electron chi connectivity index (χ0n) is 9.69. The summed E-state index contributed by atoms with van der Waals surface area (Å²) < 4.78 is 10.3. The molecule has 0 spiro atoms. The number of rotatable bonds is 0. The number of hydrogen-bond donors (Lipinski definition) is 1. The molecule has 0 aromatic carbocycles. The third-order valence-corrected chi connectivity index (χ3v) is 1.90. The molecule has 15 heavy (non-hydrogen) atoms. The van der Waals surface area contributed by atoms with E-state index in [9.17, 15) is 9.90 Å². The summed E-state index contributed by atoms with van der Waals surface area (Å²) in [4.78, 5) is 13.1. The number of aliphatic hydroxyl groups excluding tert-OH is 1. The summed E-state index contributed by atoms with van der Waals surface area (Å²) in [5, 5.41) is 9.33. The predicted molar refractivity (Wildman–Crippen MR) is 54.4 cm³/mol. The Bertz CT molecular complexity index is 226. The maximum absolute atomic E-state index is 11.6. The highest BCUT2D eigenvalue weighted by Gasteiger charge is 2.30. The second kappa shape index (κ2) is 4.37. The molecule has 0 radical (unpaired) electrons. The van der Waals surface area contributed by atoms with Crippen LogP contribution in [0.4, 0.5) is 4.79 Å². The molecule has 0 saturated carbocycles. The fraction of sp³-hybridized carbons (Fsp3) is 0.900. The number of aliphatic hydroxyl groups is 1. The number of amides is 1. The highest BCUT2D eigenvalue weighted by atomic mass is 16.6. The van der Waals surface area contributed by atoms with Crippen molar-refractivity contribution in [2.75, 3.05) is 13.1 Å². The first-order valence-electron chi connectivity index (χ1n) is 5.09. The quantitative estimate of drug-likeness (QED) is 0.656. The molecule has 1 saturated heterocycles. The second-order valence-corrected chi connectivity index (χ2v) is 4.79. The first-order valence-corrected chi connectivity index (χ1v) is 5.09. The molecule has 0 aromatic rings. The molecule has 0 bridgehead atoms. The normalized spacial score (nSPS) is 27.7. The molecular formula is C10H19NO4. The molecule has 1 N–H and O–H groups in total. The smallest absolute Gasteiger partial charge is 0.410 e. The van der Waals surface area contributed by atoms with Gasteiger partial charge in [0, 0.05) is 0 Å². The molecule has 2 atom stereocenters. The molecule has 88 valence electrons. The van der Waals surface area contributed by atoms with E-state index in [0.29, 0.717) is 6.54 Å². The third kappa shape index (κ3) is 4.05. The van der Waals surface area contributed by atoms with E-state index in [1.807, 2.05) is 20.8 Å². The molecule has 1 rings (SSSR count). The minimum atomic E-state index is -0.915. The van der Waals surface area contributed by atoms with E-state index in [2.05, 4.69) is 0 Å². The van der Waals surface area contributed by atoms with E-state index in [1.165, 1.54) is 4.90 Å². The molecule has 1 amide bonds. The van der Waals surface area contributed by atoms with Crippen molar-refractivity contribution in [3.8, 4) is 0 Å². The van der Waals surface area contributed by atoms with Crippen molar-refractivity contribution in [2.24, 2.45) is 0 Å². The Morgan fingerprint density at radius 3 is 2.53 bits per heavy atom. The lowest BCUT2D eigenvalue weighted by atomic mass is 10.2. The molecular weight excluding hydrogens is 198 g/mol. The van der Waals surface area contributed by atoms with Gasteiger partial charge in [0.1, 0.15) is 5.60 Å². The van der Waals surface area contributed by atoms with Crippen LogP contribution in [0.3, 0.4) is 0 Å². The number of β-amino-alcohol motifs (C(OH)–C–C–N with tert-alkyl or cyclic N) is 1. The van der Waals surface area contributed by atoms with E-state index < -0.39 is 18.0 Å². The Hall–Kier alpha value is -0.810. The van der Waals surface area contributed by atoms with Crippen LogP contribution in [-0.4, -0.2) is 47.2 Å². The standard InChI is InChI=1S/C10H19NO4/c1-7-5-11(6-8(12)14-7)9(13)15-10(2,3)4/h7-8,12H,5-6H2,1-4H3. The predicted octanol–water partition coefficient (Wildman–Crippen LogP) is 0.961. The summed E-state index contributed by atoms with van der Waals surface area (Å²) in [5.74, 6) is 0. The summed E-state index contributed by atoms with van der Waals surface area (Å²) in [5.41, 5.74) is -0.510. The molecule has 1 heterocycles. The van der Waals surface area contributed by atoms with E-state index in [4.69, 9.17) is 9.47 Å². The average Bonchev–Trinajstić information content (AvgIpc) is 1.98. The largest absolute Gasteiger partial charge is 0.444 e. The summed E-state index contributed by atoms with van der Waals surface area (Å²) in [7, 11) is 0. The van der Waals surface area contributed by atoms with Crippen LogP contribution in [0, 0.1) is 0 Å². The van der Waals surface area contributed by atoms with E-state index in [1.54, 1.807) is 6.92 Å². The highest BCUT2D eigenvalue weighted by molar-refractivity contribution is 5.68. The van der Waals surface area contributed by atoms with E-state index in [-0.39, 0.29) is 12.6 Å². The van der Waals surface area contributed by atoms with Crippen LogP contribution in [0.1, 0.15) is 27.7 Å². The fourth-order valence-electron chi connectivity index (χ4n) is 1.40. The van der Waals surface area contributed by atoms with Gasteiger partial charge in [-0.2, -0.15) is 0 Å². The van der Waals surface area contributed by atoms with Crippen molar-refractivity contribution in [1.82, 2.24) is 4.90 Å². The summed E-state index contributed by atoms with van der Waals surface area (Å²) >= 11 is 0. The lowest BCUT2D eigenvalue weighted by Gasteiger charge is -2.35. The minimum absolute atomic E-state index is 0.165. The third-order valence-electron chi connectivity index (χ3n) is 1.90. The van der Waals surface area contributed by atoms with Gasteiger partial charge in [-0.15, -0.1) is 0 Å². The molecule has 0 aliphatic carbocycles. The zero-order chi connectivity index (χ0) is 11.6. The van der Waals surface area contributed by atoms with Gasteiger partial charge in [0.15, 0.2) is 6.29 Å². The number of nitrogens with zero attached hydrogens (tertiary/aromatic N) is 1. The van der Waals surface area contributed by atoms with Gasteiger partial charge in [-0.3, -0.25) is 0 Å². The van der Waals surface area contributed by atoms with Gasteiger partial charge in [0.05, 0.1) is 19.2 Å². The Balaban J connectivity index is 2.52. The van der Waals surface area contributed by atoms with Crippen LogP contribution < -0.4 is 0 Å². The van der Waals surface area contributed by atoms with Gasteiger partial charge in [0.25, 0.3) is 0 Å². The molecule has 1 fully saturated rings. The van der Waals surface area contributed by atoms with Gasteiger partial charge in [-0.05, 0) is 27.7 Å². The lowest BCUT2D eigenvalue weighted by Crippen LogP contribution is -2.50. The molecule has 1 aliphatic rings. The Morgan fingerprint density at radius 2 is 2.07 bits per heavy atom. The molecule has 5 nitrogen and oxygen atoms in total. The van der Waals surface area contributed by atoms with Gasteiger partial charge < -0.3 is 19.5 Å². The van der Waals surface area contributed by atoms with Crippen LogP contribution in [0.2, 0.25) is 0 Å². The number of ether oxygens (including phenoxy) is 2. The minimum Gasteiger partial charge on any atom is -0.444 e. The molecule has 0 aromatic heterocycles. The molecule has 5 heteroatoms. The maximum atomic E-state index is 11.6. The van der Waals surface area contributed by atoms with Crippen molar-refractivity contribution in [2.45, 2.75) is 45.7 Å². The van der Waals surface area contributed by atoms with Crippen LogP contribution in [-0.2, 0) is 9.47 Å². The molecule has 2 unspecified atom stereocenters. The SMILES string of the molecule is CC1CN(C(=O)OC(C)(C)C)CC(O)O1. The van der Waals surface area contributed by atoms with E-state index in [0.717, 1.165) is 0 Å². The number of carbonyl (C=O) groups excluding carboxylic acids is 1. The van der Waals surface area contributed by atoms with Crippen molar-refractivity contribution >= 4 is 6.09 Å². The summed E-state index contributed by atoms with van der Waals surface area (Å²) in [6, 6.07) is 0. The van der Waals surface area contributed by atoms with Crippen LogP contribution >= 0.6 is 0 Å². The maximum Gasteiger partial charge on any atom is 0.410 e. The Kier molecular flexibility index (Phi) is 3.57. The monoisotopic (exact) mass is 217 g/mol. The number of carbonyl (C=O) groups is 1. The average molecular weight is 217 g/mol. The fourth-order valence-corrected chi connectivity index (χ4v) is 1.40. The van der Waals surface area contributed by atoms with Gasteiger partial charge >= 0.3 is 6.09 Å². The lowest BCUT2D eigenvalue weighted by molar-refractivity contribution is -0.174. The Morgan fingerprint density at radius 1 is 1.47 bits per heavy atom. The highest BCUT2D eigenvalue weighted by Crippen LogP contribution is 2.14. The second-order valence-electron chi connectivity index (χ2n) is 4.79. The zero-order valence-corrected chi connectivity index (χ0v) is 9.69. The first kappa shape index (κ1) is 12.3. The number of hydrogen-bond acceptors (Lipinski definition) is 4. The number of morpholine rings is 1. The van der Waals surface area contributed by atoms with Crippen LogP contribution in [0.5, 0.6) is 0 Å². The van der Waals surface area contributed by atoms with Gasteiger partial charge in [0.2, 0.25) is 0 Å².